The molecule has 0 atom stereocenters. The Labute approximate surface area is 169 Å². The zero-order valence-corrected chi connectivity index (χ0v) is 17.8. The van der Waals surface area contributed by atoms with Crippen LogP contribution in [0.15, 0.2) is 29.4 Å². The van der Waals surface area contributed by atoms with E-state index in [1.54, 1.807) is 24.5 Å². The minimum absolute atomic E-state index is 0. The number of nitrogens with zero attached hydrogens (tertiary/aromatic N) is 2. The first-order valence-corrected chi connectivity index (χ1v) is 8.71. The van der Waals surface area contributed by atoms with Gasteiger partial charge in [0.15, 0.2) is 17.5 Å². The predicted molar refractivity (Wildman–Crippen MR) is 112 cm³/mol. The first-order chi connectivity index (χ1) is 11.6. The number of benzene rings is 1. The summed E-state index contributed by atoms with van der Waals surface area (Å²) >= 11 is 1.70. The van der Waals surface area contributed by atoms with Crippen molar-refractivity contribution < 1.29 is 9.13 Å². The highest BCUT2D eigenvalue weighted by molar-refractivity contribution is 14.0. The Bertz CT molecular complexity index is 693. The summed E-state index contributed by atoms with van der Waals surface area (Å²) in [6.07, 6.45) is 2.73. The number of guanidine groups is 1. The van der Waals surface area contributed by atoms with Crippen LogP contribution in [0.1, 0.15) is 22.4 Å². The molecule has 0 spiro atoms. The van der Waals surface area contributed by atoms with Crippen LogP contribution >= 0.6 is 35.3 Å². The zero-order valence-electron chi connectivity index (χ0n) is 14.6. The van der Waals surface area contributed by atoms with Gasteiger partial charge in [0.2, 0.25) is 0 Å². The topological polar surface area (TPSA) is 58.5 Å². The van der Waals surface area contributed by atoms with Crippen molar-refractivity contribution in [2.45, 2.75) is 26.8 Å². The molecule has 0 aliphatic rings. The van der Waals surface area contributed by atoms with E-state index in [0.29, 0.717) is 19.1 Å². The van der Waals surface area contributed by atoms with Gasteiger partial charge in [0.1, 0.15) is 0 Å². The molecule has 1 aromatic heterocycles. The van der Waals surface area contributed by atoms with Crippen molar-refractivity contribution in [1.82, 2.24) is 15.6 Å². The molecule has 1 heterocycles. The van der Waals surface area contributed by atoms with Gasteiger partial charge in [-0.05, 0) is 31.5 Å². The molecule has 5 nitrogen and oxygen atoms in total. The molecular formula is C17H24FIN4OS. The fourth-order valence-electron chi connectivity index (χ4n) is 2.14. The molecule has 2 rings (SSSR count). The van der Waals surface area contributed by atoms with Crippen LogP contribution in [-0.2, 0) is 13.0 Å². The van der Waals surface area contributed by atoms with E-state index in [9.17, 15) is 4.39 Å². The second kappa shape index (κ2) is 11.2. The van der Waals surface area contributed by atoms with Crippen molar-refractivity contribution in [3.8, 4) is 5.75 Å². The Balaban J connectivity index is 0.00000312. The lowest BCUT2D eigenvalue weighted by atomic mass is 10.2. The van der Waals surface area contributed by atoms with Crippen LogP contribution in [0.5, 0.6) is 5.75 Å². The monoisotopic (exact) mass is 478 g/mol. The van der Waals surface area contributed by atoms with Crippen LogP contribution in [0.25, 0.3) is 0 Å². The Morgan fingerprint density at radius 1 is 1.36 bits per heavy atom. The first kappa shape index (κ1) is 21.6. The van der Waals surface area contributed by atoms with Gasteiger partial charge in [-0.1, -0.05) is 6.07 Å². The largest absolute Gasteiger partial charge is 0.491 e. The fraction of sp³-hybridized carbons (Fsp3) is 0.412. The smallest absolute Gasteiger partial charge is 0.191 e. The molecule has 1 aromatic carbocycles. The first-order valence-electron chi connectivity index (χ1n) is 7.89. The van der Waals surface area contributed by atoms with Gasteiger partial charge in [-0.25, -0.2) is 9.37 Å². The summed E-state index contributed by atoms with van der Waals surface area (Å²) in [7, 11) is 1.71. The lowest BCUT2D eigenvalue weighted by Gasteiger charge is -2.12. The zero-order chi connectivity index (χ0) is 17.4. The minimum Gasteiger partial charge on any atom is -0.491 e. The Morgan fingerprint density at radius 2 is 2.16 bits per heavy atom. The third kappa shape index (κ3) is 7.15. The van der Waals surface area contributed by atoms with Crippen LogP contribution in [0.2, 0.25) is 0 Å². The van der Waals surface area contributed by atoms with Crippen LogP contribution < -0.4 is 15.4 Å². The van der Waals surface area contributed by atoms with Gasteiger partial charge < -0.3 is 15.4 Å². The number of hydrogen-bond acceptors (Lipinski definition) is 4. The molecule has 0 aliphatic heterocycles. The molecule has 0 saturated carbocycles. The van der Waals surface area contributed by atoms with E-state index in [0.717, 1.165) is 23.5 Å². The molecule has 0 aliphatic carbocycles. The molecule has 0 unspecified atom stereocenters. The van der Waals surface area contributed by atoms with Gasteiger partial charge in [-0.2, -0.15) is 0 Å². The third-order valence-electron chi connectivity index (χ3n) is 3.28. The molecule has 8 heteroatoms. The summed E-state index contributed by atoms with van der Waals surface area (Å²) in [6, 6.07) is 4.97. The van der Waals surface area contributed by atoms with E-state index in [4.69, 9.17) is 4.74 Å². The number of aromatic nitrogens is 1. The van der Waals surface area contributed by atoms with Crippen LogP contribution in [-0.4, -0.2) is 31.1 Å². The van der Waals surface area contributed by atoms with E-state index in [2.05, 4.69) is 20.6 Å². The highest BCUT2D eigenvalue weighted by Crippen LogP contribution is 2.18. The molecule has 138 valence electrons. The average molecular weight is 478 g/mol. The molecule has 0 fully saturated rings. The fourth-order valence-corrected chi connectivity index (χ4v) is 2.92. The third-order valence-corrected chi connectivity index (χ3v) is 4.25. The van der Waals surface area contributed by atoms with E-state index in [1.807, 2.05) is 26.1 Å². The summed E-state index contributed by atoms with van der Waals surface area (Å²) in [4.78, 5) is 9.71. The molecule has 0 saturated heterocycles. The maximum Gasteiger partial charge on any atom is 0.191 e. The maximum absolute atomic E-state index is 13.8. The van der Waals surface area contributed by atoms with Crippen molar-refractivity contribution in [2.75, 3.05) is 20.2 Å². The highest BCUT2D eigenvalue weighted by Gasteiger charge is 2.05. The van der Waals surface area contributed by atoms with Crippen molar-refractivity contribution in [1.29, 1.82) is 0 Å². The SMILES string of the molecule is CCOc1ccc(CNC(=NC)NCCc2ncc(C)s2)cc1F.I. The van der Waals surface area contributed by atoms with Gasteiger partial charge in [0, 0.05) is 37.6 Å². The molecule has 25 heavy (non-hydrogen) atoms. The van der Waals surface area contributed by atoms with E-state index >= 15 is 0 Å². The molecule has 2 aromatic rings. The molecular weight excluding hydrogens is 454 g/mol. The Kier molecular flexibility index (Phi) is 9.73. The van der Waals surface area contributed by atoms with E-state index in [-0.39, 0.29) is 35.5 Å². The van der Waals surface area contributed by atoms with Crippen molar-refractivity contribution in [2.24, 2.45) is 4.99 Å². The Hall–Kier alpha value is -1.42. The van der Waals surface area contributed by atoms with Gasteiger partial charge >= 0.3 is 0 Å². The number of aliphatic imine (C=N–C) groups is 1. The predicted octanol–water partition coefficient (Wildman–Crippen LogP) is 3.52. The second-order valence-electron chi connectivity index (χ2n) is 5.16. The minimum atomic E-state index is -0.349. The van der Waals surface area contributed by atoms with Crippen molar-refractivity contribution in [3.63, 3.8) is 0 Å². The number of ether oxygens (including phenoxy) is 1. The van der Waals surface area contributed by atoms with Gasteiger partial charge in [-0.3, -0.25) is 4.99 Å². The van der Waals surface area contributed by atoms with Gasteiger partial charge in [0.05, 0.1) is 11.6 Å². The van der Waals surface area contributed by atoms with Crippen LogP contribution in [0.3, 0.4) is 0 Å². The van der Waals surface area contributed by atoms with Crippen LogP contribution in [0.4, 0.5) is 4.39 Å². The lowest BCUT2D eigenvalue weighted by molar-refractivity contribution is 0.321. The molecule has 2 N–H and O–H groups in total. The molecule has 0 bridgehead atoms. The second-order valence-corrected chi connectivity index (χ2v) is 6.48. The summed E-state index contributed by atoms with van der Waals surface area (Å²) in [6.45, 7) is 5.55. The van der Waals surface area contributed by atoms with Gasteiger partial charge in [0.25, 0.3) is 0 Å². The van der Waals surface area contributed by atoms with Gasteiger partial charge in [-0.15, -0.1) is 35.3 Å². The number of hydrogen-bond donors (Lipinski definition) is 2. The number of halogens is 2. The summed E-state index contributed by atoms with van der Waals surface area (Å²) in [5.74, 6) is 0.610. The maximum atomic E-state index is 13.8. The van der Waals surface area contributed by atoms with Crippen molar-refractivity contribution >= 4 is 41.3 Å². The van der Waals surface area contributed by atoms with Crippen LogP contribution in [0, 0.1) is 12.7 Å². The van der Waals surface area contributed by atoms with E-state index < -0.39 is 0 Å². The molecule has 0 amide bonds. The average Bonchev–Trinajstić information content (AvgIpc) is 2.98. The summed E-state index contributed by atoms with van der Waals surface area (Å²) < 4.78 is 19.0. The summed E-state index contributed by atoms with van der Waals surface area (Å²) in [5, 5.41) is 7.50. The number of nitrogens with one attached hydrogen (secondary N) is 2. The normalized spacial score (nSPS) is 11.0. The number of aryl methyl sites for hydroxylation is 1. The Morgan fingerprint density at radius 3 is 2.76 bits per heavy atom. The highest BCUT2D eigenvalue weighted by atomic mass is 127. The van der Waals surface area contributed by atoms with Crippen molar-refractivity contribution in [3.05, 3.63) is 45.7 Å². The quantitative estimate of drug-likeness (QED) is 0.364. The number of thiazole rings is 1. The number of rotatable bonds is 7. The molecule has 0 radical (unpaired) electrons. The standard InChI is InChI=1S/C17H23FN4OS.HI/c1-4-23-15-6-5-13(9-14(15)18)11-22-17(19-3)20-8-7-16-21-10-12(2)24-16;/h5-6,9-10H,4,7-8,11H2,1-3H3,(H2,19,20,22);1H. The summed E-state index contributed by atoms with van der Waals surface area (Å²) in [5.41, 5.74) is 0.828. The lowest BCUT2D eigenvalue weighted by Crippen LogP contribution is -2.37. The van der Waals surface area contributed by atoms with E-state index in [1.165, 1.54) is 10.9 Å².